The predicted octanol–water partition coefficient (Wildman–Crippen LogP) is 1.95. The maximum absolute atomic E-state index is 10.9. The molecule has 0 saturated carbocycles. The van der Waals surface area contributed by atoms with E-state index in [-0.39, 0.29) is 6.04 Å². The standard InChI is InChI=1S/C12H17NO3/c1-3-10(12(14)15)16-11-7-5-4-6-9(11)8(2)13/h4-8,10H,3,13H2,1-2H3,(H,14,15)/t8-,10?/m0/s1. The maximum atomic E-state index is 10.9. The van der Waals surface area contributed by atoms with Gasteiger partial charge in [-0.1, -0.05) is 25.1 Å². The Morgan fingerprint density at radius 2 is 2.12 bits per heavy atom. The average Bonchev–Trinajstić information content (AvgIpc) is 2.25. The third kappa shape index (κ3) is 2.97. The van der Waals surface area contributed by atoms with Crippen LogP contribution in [0.15, 0.2) is 24.3 Å². The predicted molar refractivity (Wildman–Crippen MR) is 61.4 cm³/mol. The highest BCUT2D eigenvalue weighted by Crippen LogP contribution is 2.24. The van der Waals surface area contributed by atoms with Gasteiger partial charge in [-0.05, 0) is 19.4 Å². The Hall–Kier alpha value is -1.55. The van der Waals surface area contributed by atoms with E-state index >= 15 is 0 Å². The Morgan fingerprint density at radius 1 is 1.50 bits per heavy atom. The van der Waals surface area contributed by atoms with Crippen molar-refractivity contribution in [2.45, 2.75) is 32.4 Å². The molecule has 0 saturated heterocycles. The number of para-hydroxylation sites is 1. The molecule has 3 N–H and O–H groups in total. The van der Waals surface area contributed by atoms with E-state index in [0.717, 1.165) is 5.56 Å². The fourth-order valence-corrected chi connectivity index (χ4v) is 1.43. The van der Waals surface area contributed by atoms with Gasteiger partial charge in [0.25, 0.3) is 0 Å². The average molecular weight is 223 g/mol. The van der Waals surface area contributed by atoms with Crippen molar-refractivity contribution >= 4 is 5.97 Å². The van der Waals surface area contributed by atoms with Gasteiger partial charge in [-0.2, -0.15) is 0 Å². The van der Waals surface area contributed by atoms with Crippen molar-refractivity contribution in [2.75, 3.05) is 0 Å². The number of aliphatic carboxylic acids is 1. The zero-order valence-electron chi connectivity index (χ0n) is 9.51. The van der Waals surface area contributed by atoms with Crippen LogP contribution in [0.25, 0.3) is 0 Å². The number of rotatable bonds is 5. The highest BCUT2D eigenvalue weighted by atomic mass is 16.5. The molecule has 0 spiro atoms. The molecule has 0 bridgehead atoms. The Bertz CT molecular complexity index is 363. The largest absolute Gasteiger partial charge is 0.479 e. The minimum absolute atomic E-state index is 0.178. The van der Waals surface area contributed by atoms with Crippen LogP contribution in [0, 0.1) is 0 Å². The van der Waals surface area contributed by atoms with Gasteiger partial charge >= 0.3 is 5.97 Å². The number of benzene rings is 1. The van der Waals surface area contributed by atoms with Crippen molar-refractivity contribution in [1.82, 2.24) is 0 Å². The Balaban J connectivity index is 2.91. The van der Waals surface area contributed by atoms with E-state index in [1.165, 1.54) is 0 Å². The van der Waals surface area contributed by atoms with Gasteiger partial charge < -0.3 is 15.6 Å². The Kier molecular flexibility index (Phi) is 4.31. The van der Waals surface area contributed by atoms with Gasteiger partial charge in [0.1, 0.15) is 5.75 Å². The minimum atomic E-state index is -0.957. The first-order valence-corrected chi connectivity index (χ1v) is 5.30. The zero-order chi connectivity index (χ0) is 12.1. The molecule has 0 radical (unpaired) electrons. The summed E-state index contributed by atoms with van der Waals surface area (Å²) in [4.78, 5) is 10.9. The lowest BCUT2D eigenvalue weighted by atomic mass is 10.1. The van der Waals surface area contributed by atoms with Crippen LogP contribution in [0.5, 0.6) is 5.75 Å². The summed E-state index contributed by atoms with van der Waals surface area (Å²) < 4.78 is 5.44. The second-order valence-electron chi connectivity index (χ2n) is 3.68. The highest BCUT2D eigenvalue weighted by molar-refractivity contribution is 5.72. The number of carboxylic acid groups (broad SMARTS) is 1. The molecule has 0 aromatic heterocycles. The molecule has 1 unspecified atom stereocenters. The number of hydrogen-bond donors (Lipinski definition) is 2. The molecule has 16 heavy (non-hydrogen) atoms. The molecule has 4 nitrogen and oxygen atoms in total. The van der Waals surface area contributed by atoms with E-state index in [9.17, 15) is 4.79 Å². The highest BCUT2D eigenvalue weighted by Gasteiger charge is 2.18. The fraction of sp³-hybridized carbons (Fsp3) is 0.417. The summed E-state index contributed by atoms with van der Waals surface area (Å²) in [5.41, 5.74) is 6.60. The monoisotopic (exact) mass is 223 g/mol. The van der Waals surface area contributed by atoms with Gasteiger partial charge in [-0.25, -0.2) is 4.79 Å². The van der Waals surface area contributed by atoms with E-state index in [1.807, 2.05) is 19.1 Å². The molecule has 1 rings (SSSR count). The molecule has 2 atom stereocenters. The van der Waals surface area contributed by atoms with Crippen molar-refractivity contribution in [3.05, 3.63) is 29.8 Å². The number of hydrogen-bond acceptors (Lipinski definition) is 3. The molecule has 0 amide bonds. The Morgan fingerprint density at radius 3 is 2.62 bits per heavy atom. The summed E-state index contributed by atoms with van der Waals surface area (Å²) in [5, 5.41) is 8.91. The first-order chi connectivity index (χ1) is 7.56. The van der Waals surface area contributed by atoms with Crippen molar-refractivity contribution in [3.63, 3.8) is 0 Å². The van der Waals surface area contributed by atoms with Crippen LogP contribution in [0.2, 0.25) is 0 Å². The van der Waals surface area contributed by atoms with Gasteiger partial charge in [0.15, 0.2) is 6.10 Å². The topological polar surface area (TPSA) is 72.5 Å². The molecular weight excluding hydrogens is 206 g/mol. The summed E-state index contributed by atoms with van der Waals surface area (Å²) in [5.74, 6) is -0.409. The molecular formula is C12H17NO3. The fourth-order valence-electron chi connectivity index (χ4n) is 1.43. The molecule has 1 aromatic carbocycles. The van der Waals surface area contributed by atoms with E-state index in [4.69, 9.17) is 15.6 Å². The zero-order valence-corrected chi connectivity index (χ0v) is 9.51. The van der Waals surface area contributed by atoms with Crippen LogP contribution in [0.3, 0.4) is 0 Å². The van der Waals surface area contributed by atoms with Gasteiger partial charge in [-0.3, -0.25) is 0 Å². The quantitative estimate of drug-likeness (QED) is 0.800. The summed E-state index contributed by atoms with van der Waals surface area (Å²) >= 11 is 0. The molecule has 0 aliphatic rings. The summed E-state index contributed by atoms with van der Waals surface area (Å²) in [6.07, 6.45) is -0.400. The van der Waals surface area contributed by atoms with E-state index in [0.29, 0.717) is 12.2 Å². The lowest BCUT2D eigenvalue weighted by Gasteiger charge is -2.17. The van der Waals surface area contributed by atoms with Gasteiger partial charge in [0.05, 0.1) is 0 Å². The molecule has 0 heterocycles. The van der Waals surface area contributed by atoms with Crippen LogP contribution in [0.4, 0.5) is 0 Å². The van der Waals surface area contributed by atoms with Crippen LogP contribution in [-0.4, -0.2) is 17.2 Å². The lowest BCUT2D eigenvalue weighted by molar-refractivity contribution is -0.145. The molecule has 0 fully saturated rings. The first kappa shape index (κ1) is 12.5. The second-order valence-corrected chi connectivity index (χ2v) is 3.68. The smallest absolute Gasteiger partial charge is 0.344 e. The van der Waals surface area contributed by atoms with Crippen LogP contribution >= 0.6 is 0 Å². The van der Waals surface area contributed by atoms with E-state index in [2.05, 4.69) is 0 Å². The first-order valence-electron chi connectivity index (χ1n) is 5.30. The number of ether oxygens (including phenoxy) is 1. The molecule has 1 aromatic rings. The third-order valence-corrected chi connectivity index (χ3v) is 2.33. The lowest BCUT2D eigenvalue weighted by Crippen LogP contribution is -2.26. The second kappa shape index (κ2) is 5.51. The van der Waals surface area contributed by atoms with Crippen molar-refractivity contribution in [2.24, 2.45) is 5.73 Å². The summed E-state index contributed by atoms with van der Waals surface area (Å²) in [7, 11) is 0. The van der Waals surface area contributed by atoms with Crippen LogP contribution in [0.1, 0.15) is 31.9 Å². The van der Waals surface area contributed by atoms with Gasteiger partial charge in [0.2, 0.25) is 0 Å². The third-order valence-electron chi connectivity index (χ3n) is 2.33. The van der Waals surface area contributed by atoms with Crippen molar-refractivity contribution < 1.29 is 14.6 Å². The van der Waals surface area contributed by atoms with E-state index in [1.54, 1.807) is 19.1 Å². The number of nitrogens with two attached hydrogens (primary N) is 1. The van der Waals surface area contributed by atoms with Crippen molar-refractivity contribution in [1.29, 1.82) is 0 Å². The SMILES string of the molecule is CCC(Oc1ccccc1[C@H](C)N)C(=O)O. The van der Waals surface area contributed by atoms with Gasteiger partial charge in [-0.15, -0.1) is 0 Å². The molecule has 4 heteroatoms. The number of carbonyl (C=O) groups is 1. The molecule has 0 aliphatic heterocycles. The summed E-state index contributed by atoms with van der Waals surface area (Å²) in [6, 6.07) is 7.06. The minimum Gasteiger partial charge on any atom is -0.479 e. The maximum Gasteiger partial charge on any atom is 0.344 e. The van der Waals surface area contributed by atoms with Crippen LogP contribution < -0.4 is 10.5 Å². The number of carboxylic acids is 1. The molecule has 88 valence electrons. The Labute approximate surface area is 95.0 Å². The molecule has 0 aliphatic carbocycles. The van der Waals surface area contributed by atoms with Crippen molar-refractivity contribution in [3.8, 4) is 5.75 Å². The normalized spacial score (nSPS) is 14.2. The van der Waals surface area contributed by atoms with Gasteiger partial charge in [0, 0.05) is 11.6 Å². The van der Waals surface area contributed by atoms with E-state index < -0.39 is 12.1 Å². The summed E-state index contributed by atoms with van der Waals surface area (Å²) in [6.45, 7) is 3.61. The van der Waals surface area contributed by atoms with Crippen LogP contribution in [-0.2, 0) is 4.79 Å².